The van der Waals surface area contributed by atoms with E-state index in [4.69, 9.17) is 6.57 Å². The molecule has 1 aromatic carbocycles. The molecule has 1 heterocycles. The molecular formula is C10H9N3RhS. The van der Waals surface area contributed by atoms with Crippen LogP contribution in [0.2, 0.25) is 0 Å². The van der Waals surface area contributed by atoms with Crippen LogP contribution in [-0.2, 0) is 19.5 Å². The van der Waals surface area contributed by atoms with E-state index in [2.05, 4.69) is 16.0 Å². The second-order valence-electron chi connectivity index (χ2n) is 2.46. The Labute approximate surface area is 107 Å². The van der Waals surface area contributed by atoms with Gasteiger partial charge in [0.2, 0.25) is 0 Å². The fourth-order valence-corrected chi connectivity index (χ4v) is 1.61. The zero-order valence-electron chi connectivity index (χ0n) is 8.10. The maximum absolute atomic E-state index is 6.86. The van der Waals surface area contributed by atoms with Crippen LogP contribution in [0.5, 0.6) is 0 Å². The van der Waals surface area contributed by atoms with E-state index in [0.717, 1.165) is 11.6 Å². The van der Waals surface area contributed by atoms with E-state index in [1.54, 1.807) is 35.5 Å². The van der Waals surface area contributed by atoms with Crippen molar-refractivity contribution in [2.75, 3.05) is 10.9 Å². The summed E-state index contributed by atoms with van der Waals surface area (Å²) in [4.78, 5) is 3.35. The molecule has 0 spiro atoms. The predicted octanol–water partition coefficient (Wildman–Crippen LogP) is 2.94. The van der Waals surface area contributed by atoms with Crippen LogP contribution in [0.25, 0.3) is 4.85 Å². The molecule has 0 amide bonds. The molecule has 2 rings (SSSR count). The van der Waals surface area contributed by atoms with Gasteiger partial charge in [-0.05, 0) is 0 Å². The zero-order valence-corrected chi connectivity index (χ0v) is 10.6. The fraction of sp³-hybridized carbons (Fsp3) is 0.100. The van der Waals surface area contributed by atoms with Crippen LogP contribution < -0.4 is 5.01 Å². The van der Waals surface area contributed by atoms with Gasteiger partial charge in [0.1, 0.15) is 0 Å². The molecule has 3 nitrogen and oxygen atoms in total. The van der Waals surface area contributed by atoms with Gasteiger partial charge in [-0.2, -0.15) is 23.3 Å². The summed E-state index contributed by atoms with van der Waals surface area (Å²) in [5.74, 6) is 0.804. The molecule has 0 saturated heterocycles. The minimum atomic E-state index is 0. The zero-order chi connectivity index (χ0) is 9.10. The van der Waals surface area contributed by atoms with Crippen molar-refractivity contribution in [3.63, 3.8) is 0 Å². The molecule has 0 bridgehead atoms. The van der Waals surface area contributed by atoms with Crippen LogP contribution in [0, 0.1) is 20.1 Å². The molecule has 1 aliphatic heterocycles. The van der Waals surface area contributed by atoms with Crippen molar-refractivity contribution < 1.29 is 19.5 Å². The average Bonchev–Trinajstić information content (AvgIpc) is 2.71. The number of hydrogen-bond acceptors (Lipinski definition) is 3. The Bertz CT molecular complexity index is 386. The van der Waals surface area contributed by atoms with Crippen LogP contribution in [0.4, 0.5) is 11.4 Å². The second kappa shape index (κ2) is 6.60. The van der Waals surface area contributed by atoms with Crippen molar-refractivity contribution in [2.45, 2.75) is 0 Å². The molecule has 0 fully saturated rings. The predicted molar refractivity (Wildman–Crippen MR) is 61.4 cm³/mol. The Morgan fingerprint density at radius 1 is 1.60 bits per heavy atom. The quantitative estimate of drug-likeness (QED) is 0.587. The van der Waals surface area contributed by atoms with E-state index in [9.17, 15) is 0 Å². The standard InChI is InChI=1S/C9H6N3S.CH3.Rh/c1-10-8-3-2-4-9(5-8)12-7-13-6-11-12;;/h2-3,5-6H,7H2;1H3;/q2*-1;+2. The molecule has 5 heteroatoms. The third kappa shape index (κ3) is 3.33. The van der Waals surface area contributed by atoms with Gasteiger partial charge in [-0.3, -0.25) is 9.85 Å². The Morgan fingerprint density at radius 2 is 2.40 bits per heavy atom. The molecule has 1 radical (unpaired) electrons. The van der Waals surface area contributed by atoms with E-state index in [1.165, 1.54) is 0 Å². The maximum atomic E-state index is 6.86. The van der Waals surface area contributed by atoms with E-state index in [0.29, 0.717) is 5.69 Å². The first-order valence-corrected chi connectivity index (χ1v) is 4.76. The van der Waals surface area contributed by atoms with E-state index in [1.807, 2.05) is 5.01 Å². The number of hydrazone groups is 1. The number of nitrogens with zero attached hydrogens (tertiary/aromatic N) is 3. The van der Waals surface area contributed by atoms with Crippen molar-refractivity contribution in [2.24, 2.45) is 5.10 Å². The summed E-state index contributed by atoms with van der Waals surface area (Å²) in [5.41, 5.74) is 3.27. The van der Waals surface area contributed by atoms with Crippen molar-refractivity contribution in [1.29, 1.82) is 0 Å². The van der Waals surface area contributed by atoms with Gasteiger partial charge in [-0.15, -0.1) is 6.07 Å². The summed E-state index contributed by atoms with van der Waals surface area (Å²) >= 11 is 1.63. The monoisotopic (exact) mass is 306 g/mol. The smallest absolute Gasteiger partial charge is 0.358 e. The molecule has 0 aliphatic carbocycles. The number of thioether (sulfide) groups is 1. The summed E-state index contributed by atoms with van der Waals surface area (Å²) in [7, 11) is 0. The Hall–Kier alpha value is -0.847. The van der Waals surface area contributed by atoms with Crippen LogP contribution in [0.3, 0.4) is 0 Å². The fourth-order valence-electron chi connectivity index (χ4n) is 1.02. The third-order valence-corrected chi connectivity index (χ3v) is 2.27. The van der Waals surface area contributed by atoms with Gasteiger partial charge < -0.3 is 7.43 Å². The number of anilines is 1. The number of benzene rings is 1. The Morgan fingerprint density at radius 3 is 3.00 bits per heavy atom. The van der Waals surface area contributed by atoms with Gasteiger partial charge in [0.05, 0.1) is 23.7 Å². The van der Waals surface area contributed by atoms with Crippen molar-refractivity contribution in [1.82, 2.24) is 0 Å². The molecule has 0 saturated carbocycles. The van der Waals surface area contributed by atoms with Gasteiger partial charge in [0.25, 0.3) is 0 Å². The second-order valence-corrected chi connectivity index (χ2v) is 3.26. The molecule has 0 N–H and O–H groups in total. The van der Waals surface area contributed by atoms with Crippen LogP contribution in [0.1, 0.15) is 0 Å². The number of hydrogen-bond donors (Lipinski definition) is 0. The van der Waals surface area contributed by atoms with E-state index >= 15 is 0 Å². The molecule has 1 aromatic rings. The van der Waals surface area contributed by atoms with Gasteiger partial charge in [0.15, 0.2) is 0 Å². The molecule has 0 unspecified atom stereocenters. The van der Waals surface area contributed by atoms with Crippen molar-refractivity contribution in [3.05, 3.63) is 43.1 Å². The third-order valence-electron chi connectivity index (χ3n) is 1.63. The van der Waals surface area contributed by atoms with Crippen molar-refractivity contribution in [3.8, 4) is 0 Å². The number of rotatable bonds is 1. The first kappa shape index (κ1) is 14.2. The van der Waals surface area contributed by atoms with Crippen LogP contribution in [0.15, 0.2) is 23.3 Å². The average molecular weight is 306 g/mol. The first-order valence-electron chi connectivity index (χ1n) is 3.71. The van der Waals surface area contributed by atoms with Gasteiger partial charge in [-0.1, -0.05) is 17.4 Å². The summed E-state index contributed by atoms with van der Waals surface area (Å²) in [5, 5.41) is 5.94. The minimum absolute atomic E-state index is 0. The topological polar surface area (TPSA) is 20.0 Å². The minimum Gasteiger partial charge on any atom is -0.358 e. The van der Waals surface area contributed by atoms with Crippen molar-refractivity contribution >= 4 is 28.7 Å². The Kier molecular flexibility index (Phi) is 6.23. The summed E-state index contributed by atoms with van der Waals surface area (Å²) < 4.78 is 0. The first-order chi connectivity index (χ1) is 6.40. The van der Waals surface area contributed by atoms with E-state index in [-0.39, 0.29) is 26.9 Å². The molecule has 1 aliphatic rings. The molecular weight excluding hydrogens is 297 g/mol. The molecule has 0 aromatic heterocycles. The largest absolute Gasteiger partial charge is 2.00 e. The normalized spacial score (nSPS) is 12.6. The maximum Gasteiger partial charge on any atom is 2.00 e. The van der Waals surface area contributed by atoms with Crippen LogP contribution >= 0.6 is 11.8 Å². The van der Waals surface area contributed by atoms with Crippen LogP contribution in [-0.4, -0.2) is 11.4 Å². The van der Waals surface area contributed by atoms with Gasteiger partial charge in [0, 0.05) is 0 Å². The molecule has 15 heavy (non-hydrogen) atoms. The summed E-state index contributed by atoms with van der Waals surface area (Å²) in [6.45, 7) is 6.86. The molecule has 0 atom stereocenters. The Balaban J connectivity index is 0.000000980. The summed E-state index contributed by atoms with van der Waals surface area (Å²) in [6.07, 6.45) is 0. The molecule has 79 valence electrons. The van der Waals surface area contributed by atoms with Gasteiger partial charge in [-0.25, -0.2) is 0 Å². The summed E-state index contributed by atoms with van der Waals surface area (Å²) in [6, 6.07) is 8.32. The SMILES string of the molecule is [C-]#[N+]c1cc[c-]c(N2CSC=N2)c1.[CH3-].[Rh+2]. The van der Waals surface area contributed by atoms with Gasteiger partial charge >= 0.3 is 19.5 Å². The van der Waals surface area contributed by atoms with E-state index < -0.39 is 0 Å².